The number of likely N-dealkylation sites (N-methyl/N-ethyl adjacent to an activating group) is 1. The predicted molar refractivity (Wildman–Crippen MR) is 87.5 cm³/mol. The Labute approximate surface area is 125 Å². The molecule has 2 N–H and O–H groups in total. The Bertz CT molecular complexity index is 279. The van der Waals surface area contributed by atoms with Crippen molar-refractivity contribution in [1.29, 1.82) is 0 Å². The first-order valence-corrected chi connectivity index (χ1v) is 7.63. The first-order valence-electron chi connectivity index (χ1n) is 7.63. The molecule has 20 heavy (non-hydrogen) atoms. The number of guanidine groups is 1. The van der Waals surface area contributed by atoms with Gasteiger partial charge in [-0.2, -0.15) is 0 Å². The summed E-state index contributed by atoms with van der Waals surface area (Å²) in [4.78, 5) is 6.93. The second kappa shape index (κ2) is 10.00. The number of methoxy groups -OCH3 is 1. The van der Waals surface area contributed by atoms with Crippen LogP contribution in [0.1, 0.15) is 41.0 Å². The molecule has 120 valence electrons. The zero-order chi connectivity index (χ0) is 15.6. The fourth-order valence-electron chi connectivity index (χ4n) is 1.56. The number of hydrogen-bond donors (Lipinski definition) is 2. The lowest BCUT2D eigenvalue weighted by molar-refractivity contribution is 0.0310. The molecule has 0 saturated carbocycles. The third-order valence-electron chi connectivity index (χ3n) is 3.61. The number of ether oxygens (including phenoxy) is 1. The highest BCUT2D eigenvalue weighted by Gasteiger charge is 2.15. The lowest BCUT2D eigenvalue weighted by atomic mass is 10.1. The van der Waals surface area contributed by atoms with Gasteiger partial charge in [-0.15, -0.1) is 0 Å². The molecule has 1 atom stereocenters. The smallest absolute Gasteiger partial charge is 0.191 e. The highest BCUT2D eigenvalue weighted by atomic mass is 16.5. The molecule has 0 amide bonds. The van der Waals surface area contributed by atoms with Gasteiger partial charge < -0.3 is 20.3 Å². The molecule has 0 aliphatic carbocycles. The van der Waals surface area contributed by atoms with Crippen LogP contribution in [-0.2, 0) is 4.74 Å². The van der Waals surface area contributed by atoms with Crippen molar-refractivity contribution in [3.05, 3.63) is 0 Å². The maximum absolute atomic E-state index is 5.38. The number of rotatable bonds is 9. The molecule has 0 bridgehead atoms. The molecular formula is C15H34N4O. The Morgan fingerprint density at radius 3 is 2.45 bits per heavy atom. The summed E-state index contributed by atoms with van der Waals surface area (Å²) in [7, 11) is 3.88. The van der Waals surface area contributed by atoms with Gasteiger partial charge in [0, 0.05) is 32.8 Å². The molecule has 0 aromatic rings. The van der Waals surface area contributed by atoms with Gasteiger partial charge in [-0.05, 0) is 41.2 Å². The summed E-state index contributed by atoms with van der Waals surface area (Å²) < 4.78 is 5.38. The second-order valence-electron chi connectivity index (χ2n) is 5.82. The molecule has 0 aromatic heterocycles. The Hall–Kier alpha value is -0.810. The van der Waals surface area contributed by atoms with E-state index in [1.54, 1.807) is 7.11 Å². The van der Waals surface area contributed by atoms with Crippen LogP contribution in [0.2, 0.25) is 0 Å². The summed E-state index contributed by atoms with van der Waals surface area (Å²) in [5.41, 5.74) is -0.226. The quantitative estimate of drug-likeness (QED) is 0.500. The summed E-state index contributed by atoms with van der Waals surface area (Å²) in [5.74, 6) is 0.857. The van der Waals surface area contributed by atoms with E-state index in [1.165, 1.54) is 6.42 Å². The first-order chi connectivity index (χ1) is 9.36. The van der Waals surface area contributed by atoms with Gasteiger partial charge in [-0.25, -0.2) is 0 Å². The van der Waals surface area contributed by atoms with Gasteiger partial charge in [0.25, 0.3) is 0 Å². The van der Waals surface area contributed by atoms with Crippen molar-refractivity contribution >= 4 is 5.96 Å². The van der Waals surface area contributed by atoms with Gasteiger partial charge in [0.05, 0.1) is 12.1 Å². The Morgan fingerprint density at radius 2 is 1.95 bits per heavy atom. The van der Waals surface area contributed by atoms with Gasteiger partial charge >= 0.3 is 0 Å². The number of nitrogens with zero attached hydrogens (tertiary/aromatic N) is 2. The summed E-state index contributed by atoms with van der Waals surface area (Å²) in [6, 6.07) is 0.615. The topological polar surface area (TPSA) is 48.9 Å². The van der Waals surface area contributed by atoms with Crippen LogP contribution in [0.25, 0.3) is 0 Å². The minimum atomic E-state index is -0.226. The molecule has 0 aliphatic rings. The highest BCUT2D eigenvalue weighted by molar-refractivity contribution is 5.79. The van der Waals surface area contributed by atoms with Gasteiger partial charge in [0.1, 0.15) is 0 Å². The van der Waals surface area contributed by atoms with Crippen molar-refractivity contribution in [3.63, 3.8) is 0 Å². The number of nitrogens with one attached hydrogen (secondary N) is 2. The minimum Gasteiger partial charge on any atom is -0.377 e. The molecule has 0 aromatic carbocycles. The standard InChI is InChI=1S/C15H34N4O/c1-8-13(3)19(6)11-10-17-14(16-9-2)18-12-15(4,5)20-7/h13H,8-12H2,1-7H3,(H2,16,17,18). The summed E-state index contributed by atoms with van der Waals surface area (Å²) in [5, 5.41) is 6.63. The van der Waals surface area contributed by atoms with E-state index >= 15 is 0 Å². The Morgan fingerprint density at radius 1 is 1.30 bits per heavy atom. The zero-order valence-corrected chi connectivity index (χ0v) is 14.4. The summed E-state index contributed by atoms with van der Waals surface area (Å²) >= 11 is 0. The number of aliphatic imine (C=N–C) groups is 1. The van der Waals surface area contributed by atoms with Crippen LogP contribution >= 0.6 is 0 Å². The van der Waals surface area contributed by atoms with Gasteiger partial charge in [0.2, 0.25) is 0 Å². The predicted octanol–water partition coefficient (Wildman–Crippen LogP) is 1.70. The largest absolute Gasteiger partial charge is 0.377 e. The third kappa shape index (κ3) is 8.38. The highest BCUT2D eigenvalue weighted by Crippen LogP contribution is 2.06. The monoisotopic (exact) mass is 286 g/mol. The van der Waals surface area contributed by atoms with Crippen LogP contribution in [0.15, 0.2) is 4.99 Å². The third-order valence-corrected chi connectivity index (χ3v) is 3.61. The molecule has 0 heterocycles. The average Bonchev–Trinajstić information content (AvgIpc) is 2.43. The summed E-state index contributed by atoms with van der Waals surface area (Å²) in [6.45, 7) is 14.0. The van der Waals surface area contributed by atoms with Crippen LogP contribution in [0.3, 0.4) is 0 Å². The molecule has 0 rings (SSSR count). The van der Waals surface area contributed by atoms with Gasteiger partial charge in [-0.3, -0.25) is 4.99 Å². The SMILES string of the molecule is CCNC(=NCC(C)(C)OC)NCCN(C)C(C)CC. The van der Waals surface area contributed by atoms with E-state index in [0.29, 0.717) is 12.6 Å². The van der Waals surface area contributed by atoms with Crippen molar-refractivity contribution in [3.8, 4) is 0 Å². The lowest BCUT2D eigenvalue weighted by Gasteiger charge is -2.24. The molecule has 0 fully saturated rings. The van der Waals surface area contributed by atoms with Crippen molar-refractivity contribution < 1.29 is 4.74 Å². The molecule has 5 nitrogen and oxygen atoms in total. The van der Waals surface area contributed by atoms with E-state index in [-0.39, 0.29) is 5.60 Å². The molecule has 0 radical (unpaired) electrons. The van der Waals surface area contributed by atoms with Gasteiger partial charge in [-0.1, -0.05) is 6.92 Å². The van der Waals surface area contributed by atoms with Crippen molar-refractivity contribution in [2.45, 2.75) is 52.7 Å². The maximum Gasteiger partial charge on any atom is 0.191 e. The van der Waals surface area contributed by atoms with E-state index in [9.17, 15) is 0 Å². The maximum atomic E-state index is 5.38. The first kappa shape index (κ1) is 19.2. The summed E-state index contributed by atoms with van der Waals surface area (Å²) in [6.07, 6.45) is 1.17. The van der Waals surface area contributed by atoms with Crippen molar-refractivity contribution in [1.82, 2.24) is 15.5 Å². The van der Waals surface area contributed by atoms with Crippen LogP contribution in [0, 0.1) is 0 Å². The van der Waals surface area contributed by atoms with Crippen LogP contribution in [-0.4, -0.2) is 62.8 Å². The average molecular weight is 286 g/mol. The van der Waals surface area contributed by atoms with E-state index < -0.39 is 0 Å². The minimum absolute atomic E-state index is 0.226. The van der Waals surface area contributed by atoms with E-state index in [4.69, 9.17) is 4.74 Å². The van der Waals surface area contributed by atoms with E-state index in [2.05, 4.69) is 48.3 Å². The molecule has 5 heteroatoms. The van der Waals surface area contributed by atoms with Crippen molar-refractivity contribution in [2.75, 3.05) is 40.3 Å². The van der Waals surface area contributed by atoms with E-state index in [1.807, 2.05) is 13.8 Å². The molecule has 0 aliphatic heterocycles. The normalized spacial score (nSPS) is 14.5. The zero-order valence-electron chi connectivity index (χ0n) is 14.4. The van der Waals surface area contributed by atoms with Crippen molar-refractivity contribution in [2.24, 2.45) is 4.99 Å². The Balaban J connectivity index is 4.24. The fraction of sp³-hybridized carbons (Fsp3) is 0.933. The molecule has 0 saturated heterocycles. The lowest BCUT2D eigenvalue weighted by Crippen LogP contribution is -2.43. The molecule has 0 spiro atoms. The van der Waals surface area contributed by atoms with Gasteiger partial charge in [0.15, 0.2) is 5.96 Å². The molecule has 1 unspecified atom stereocenters. The molecular weight excluding hydrogens is 252 g/mol. The van der Waals surface area contributed by atoms with Crippen LogP contribution in [0.4, 0.5) is 0 Å². The van der Waals surface area contributed by atoms with Crippen LogP contribution in [0.5, 0.6) is 0 Å². The second-order valence-corrected chi connectivity index (χ2v) is 5.82. The van der Waals surface area contributed by atoms with E-state index in [0.717, 1.165) is 25.6 Å². The Kier molecular flexibility index (Phi) is 9.59. The van der Waals surface area contributed by atoms with Crippen LogP contribution < -0.4 is 10.6 Å². The fourth-order valence-corrected chi connectivity index (χ4v) is 1.56. The number of hydrogen-bond acceptors (Lipinski definition) is 3.